The summed E-state index contributed by atoms with van der Waals surface area (Å²) in [5, 5.41) is 0.560. The van der Waals surface area contributed by atoms with Gasteiger partial charge in [-0.1, -0.05) is 11.6 Å². The predicted octanol–water partition coefficient (Wildman–Crippen LogP) is 4.35. The number of rotatable bonds is 4. The van der Waals surface area contributed by atoms with Gasteiger partial charge in [-0.25, -0.2) is 0 Å². The number of hydrogen-bond acceptors (Lipinski definition) is 3. The molecule has 0 N–H and O–H groups in total. The highest BCUT2D eigenvalue weighted by Crippen LogP contribution is 2.27. The maximum absolute atomic E-state index is 12.5. The molecule has 0 radical (unpaired) electrons. The largest absolute Gasteiger partial charge is 0.497 e. The summed E-state index contributed by atoms with van der Waals surface area (Å²) in [6.07, 6.45) is 0. The Labute approximate surface area is 130 Å². The third kappa shape index (κ3) is 3.14. The van der Waals surface area contributed by atoms with Crippen LogP contribution in [0.2, 0.25) is 5.02 Å². The zero-order chi connectivity index (χ0) is 14.7. The van der Waals surface area contributed by atoms with Crippen molar-refractivity contribution in [3.63, 3.8) is 0 Å². The number of benzene rings is 2. The lowest BCUT2D eigenvalue weighted by Gasteiger charge is -2.08. The highest BCUT2D eigenvalue weighted by Gasteiger charge is 2.13. The van der Waals surface area contributed by atoms with Crippen LogP contribution in [0.1, 0.15) is 15.9 Å². The van der Waals surface area contributed by atoms with Crippen molar-refractivity contribution in [1.82, 2.24) is 0 Å². The smallest absolute Gasteiger partial charge is 0.193 e. The fraction of sp³-hybridized carbons (Fsp3) is 0.133. The van der Waals surface area contributed by atoms with Crippen molar-refractivity contribution >= 4 is 33.3 Å². The van der Waals surface area contributed by atoms with E-state index in [1.54, 1.807) is 50.6 Å². The summed E-state index contributed by atoms with van der Waals surface area (Å²) < 4.78 is 11.0. The highest BCUT2D eigenvalue weighted by molar-refractivity contribution is 9.10. The van der Waals surface area contributed by atoms with E-state index in [1.165, 1.54) is 0 Å². The molecule has 0 saturated heterocycles. The Morgan fingerprint density at radius 3 is 2.10 bits per heavy atom. The first-order valence-electron chi connectivity index (χ1n) is 5.78. The van der Waals surface area contributed by atoms with Crippen molar-refractivity contribution in [1.29, 1.82) is 0 Å². The molecule has 0 aliphatic rings. The average Bonchev–Trinajstić information content (AvgIpc) is 2.48. The molecule has 0 aliphatic heterocycles. The first kappa shape index (κ1) is 14.9. The molecule has 0 heterocycles. The first-order valence-corrected chi connectivity index (χ1v) is 6.95. The van der Waals surface area contributed by atoms with Gasteiger partial charge in [-0.05, 0) is 46.3 Å². The SMILES string of the molecule is COc1cc(OC)cc(C(=O)c2ccc(Cl)c(Br)c2)c1. The molecule has 0 fully saturated rings. The van der Waals surface area contributed by atoms with Crippen LogP contribution >= 0.6 is 27.5 Å². The molecular formula is C15H12BrClO3. The molecule has 2 aromatic carbocycles. The minimum atomic E-state index is -0.125. The van der Waals surface area contributed by atoms with Gasteiger partial charge >= 0.3 is 0 Å². The lowest BCUT2D eigenvalue weighted by atomic mass is 10.0. The number of methoxy groups -OCH3 is 2. The predicted molar refractivity (Wildman–Crippen MR) is 82.1 cm³/mol. The van der Waals surface area contributed by atoms with E-state index in [2.05, 4.69) is 15.9 Å². The number of hydrogen-bond donors (Lipinski definition) is 0. The zero-order valence-corrected chi connectivity index (χ0v) is 13.3. The van der Waals surface area contributed by atoms with E-state index < -0.39 is 0 Å². The zero-order valence-electron chi connectivity index (χ0n) is 10.9. The molecule has 3 nitrogen and oxygen atoms in total. The minimum absolute atomic E-state index is 0.125. The van der Waals surface area contributed by atoms with E-state index in [-0.39, 0.29) is 5.78 Å². The molecule has 0 saturated carbocycles. The molecule has 0 atom stereocenters. The highest BCUT2D eigenvalue weighted by atomic mass is 79.9. The lowest BCUT2D eigenvalue weighted by Crippen LogP contribution is -2.02. The molecule has 0 unspecified atom stereocenters. The van der Waals surface area contributed by atoms with Crippen molar-refractivity contribution in [2.75, 3.05) is 14.2 Å². The molecule has 0 aliphatic carbocycles. The Balaban J connectivity index is 2.44. The van der Waals surface area contributed by atoms with E-state index in [0.29, 0.717) is 32.1 Å². The fourth-order valence-corrected chi connectivity index (χ4v) is 2.24. The monoisotopic (exact) mass is 354 g/mol. The fourth-order valence-electron chi connectivity index (χ4n) is 1.74. The Morgan fingerprint density at radius 1 is 1.00 bits per heavy atom. The third-order valence-electron chi connectivity index (χ3n) is 2.80. The second kappa shape index (κ2) is 6.29. The Hall–Kier alpha value is -1.52. The van der Waals surface area contributed by atoms with Crippen molar-refractivity contribution in [2.45, 2.75) is 0 Å². The van der Waals surface area contributed by atoms with Gasteiger partial charge in [0.15, 0.2) is 5.78 Å². The quantitative estimate of drug-likeness (QED) is 0.765. The van der Waals surface area contributed by atoms with Crippen LogP contribution in [0.25, 0.3) is 0 Å². The van der Waals surface area contributed by atoms with E-state index in [1.807, 2.05) is 0 Å². The summed E-state index contributed by atoms with van der Waals surface area (Å²) in [5.74, 6) is 1.01. The van der Waals surface area contributed by atoms with Crippen LogP contribution in [0.15, 0.2) is 40.9 Å². The Bertz CT molecular complexity index is 633. The van der Waals surface area contributed by atoms with Crippen molar-refractivity contribution in [2.24, 2.45) is 0 Å². The van der Waals surface area contributed by atoms with Gasteiger partial charge in [-0.2, -0.15) is 0 Å². The summed E-state index contributed by atoms with van der Waals surface area (Å²) in [6.45, 7) is 0. The number of carbonyl (C=O) groups is 1. The van der Waals surface area contributed by atoms with Crippen LogP contribution in [0.3, 0.4) is 0 Å². The maximum Gasteiger partial charge on any atom is 0.193 e. The normalized spacial score (nSPS) is 10.2. The van der Waals surface area contributed by atoms with Crippen molar-refractivity contribution < 1.29 is 14.3 Å². The number of ether oxygens (including phenoxy) is 2. The van der Waals surface area contributed by atoms with Gasteiger partial charge in [0.2, 0.25) is 0 Å². The second-order valence-corrected chi connectivity index (χ2v) is 5.32. The third-order valence-corrected chi connectivity index (χ3v) is 4.01. The molecule has 0 bridgehead atoms. The van der Waals surface area contributed by atoms with Gasteiger partial charge in [0.05, 0.1) is 19.2 Å². The molecule has 0 amide bonds. The molecule has 2 rings (SSSR count). The van der Waals surface area contributed by atoms with E-state index in [0.717, 1.165) is 0 Å². The molecular weight excluding hydrogens is 344 g/mol. The Kier molecular flexibility index (Phi) is 4.68. The summed E-state index contributed by atoms with van der Waals surface area (Å²) >= 11 is 9.24. The summed E-state index contributed by atoms with van der Waals surface area (Å²) in [5.41, 5.74) is 1.03. The molecule has 20 heavy (non-hydrogen) atoms. The van der Waals surface area contributed by atoms with E-state index in [9.17, 15) is 4.79 Å². The van der Waals surface area contributed by atoms with Crippen LogP contribution in [0, 0.1) is 0 Å². The van der Waals surface area contributed by atoms with Gasteiger partial charge in [0.1, 0.15) is 11.5 Å². The molecule has 0 spiro atoms. The number of carbonyl (C=O) groups excluding carboxylic acids is 1. The van der Waals surface area contributed by atoms with Crippen LogP contribution < -0.4 is 9.47 Å². The Morgan fingerprint density at radius 2 is 1.60 bits per heavy atom. The van der Waals surface area contributed by atoms with Gasteiger partial charge in [-0.3, -0.25) is 4.79 Å². The van der Waals surface area contributed by atoms with E-state index >= 15 is 0 Å². The molecule has 104 valence electrons. The molecule has 2 aromatic rings. The lowest BCUT2D eigenvalue weighted by molar-refractivity contribution is 0.103. The number of ketones is 1. The van der Waals surface area contributed by atoms with Crippen molar-refractivity contribution in [3.05, 3.63) is 57.0 Å². The molecule has 0 aromatic heterocycles. The topological polar surface area (TPSA) is 35.5 Å². The second-order valence-electron chi connectivity index (χ2n) is 4.06. The number of halogens is 2. The van der Waals surface area contributed by atoms with Crippen LogP contribution in [-0.4, -0.2) is 20.0 Å². The summed E-state index contributed by atoms with van der Waals surface area (Å²) in [7, 11) is 3.09. The minimum Gasteiger partial charge on any atom is -0.497 e. The van der Waals surface area contributed by atoms with Crippen molar-refractivity contribution in [3.8, 4) is 11.5 Å². The van der Waals surface area contributed by atoms with Crippen LogP contribution in [0.5, 0.6) is 11.5 Å². The summed E-state index contributed by atoms with van der Waals surface area (Å²) in [6, 6.07) is 10.1. The molecule has 5 heteroatoms. The van der Waals surface area contributed by atoms with Gasteiger partial charge < -0.3 is 9.47 Å². The van der Waals surface area contributed by atoms with Crippen LogP contribution in [0.4, 0.5) is 0 Å². The van der Waals surface area contributed by atoms with Gasteiger partial charge in [0.25, 0.3) is 0 Å². The summed E-state index contributed by atoms with van der Waals surface area (Å²) in [4.78, 5) is 12.5. The first-order chi connectivity index (χ1) is 9.55. The maximum atomic E-state index is 12.5. The van der Waals surface area contributed by atoms with Crippen LogP contribution in [-0.2, 0) is 0 Å². The average molecular weight is 356 g/mol. The van der Waals surface area contributed by atoms with Gasteiger partial charge in [0, 0.05) is 21.7 Å². The van der Waals surface area contributed by atoms with E-state index in [4.69, 9.17) is 21.1 Å². The van der Waals surface area contributed by atoms with Gasteiger partial charge in [-0.15, -0.1) is 0 Å². The standard InChI is InChI=1S/C15H12BrClO3/c1-19-11-5-10(6-12(8-11)20-2)15(18)9-3-4-14(17)13(16)7-9/h3-8H,1-2H3.